The molecule has 8 heteroatoms. The molecular weight excluding hydrogens is 377 g/mol. The zero-order valence-electron chi connectivity index (χ0n) is 14.0. The van der Waals surface area contributed by atoms with Gasteiger partial charge in [0.1, 0.15) is 5.82 Å². The zero-order valence-corrected chi connectivity index (χ0v) is 15.6. The van der Waals surface area contributed by atoms with E-state index in [1.165, 1.54) is 23.5 Å². The van der Waals surface area contributed by atoms with Crippen molar-refractivity contribution in [2.75, 3.05) is 18.4 Å². The van der Waals surface area contributed by atoms with E-state index in [4.69, 9.17) is 11.6 Å². The first kappa shape index (κ1) is 17.9. The van der Waals surface area contributed by atoms with Crippen LogP contribution in [0, 0.1) is 11.7 Å². The Labute approximate surface area is 159 Å². The number of nitrogens with zero attached hydrogens (tertiary/aromatic N) is 2. The first-order valence-electron chi connectivity index (χ1n) is 8.65. The second-order valence-electron chi connectivity index (χ2n) is 6.84. The number of β-amino-alcohol motifs (C(OH)–C–C–N with tert-alkyl or cyclic N) is 1. The third-order valence-corrected chi connectivity index (χ3v) is 6.08. The first-order chi connectivity index (χ1) is 12.5. The minimum Gasteiger partial charge on any atom is -0.392 e. The quantitative estimate of drug-likeness (QED) is 0.813. The Kier molecular flexibility index (Phi) is 4.96. The summed E-state index contributed by atoms with van der Waals surface area (Å²) >= 11 is 7.71. The molecule has 2 aromatic rings. The highest BCUT2D eigenvalue weighted by molar-refractivity contribution is 7.15. The van der Waals surface area contributed by atoms with Gasteiger partial charge in [-0.05, 0) is 37.0 Å². The number of aliphatic hydroxyl groups excluding tert-OH is 1. The third kappa shape index (κ3) is 3.76. The predicted molar refractivity (Wildman–Crippen MR) is 98.9 cm³/mol. The molecule has 2 N–H and O–H groups in total. The molecule has 2 heterocycles. The van der Waals surface area contributed by atoms with Crippen molar-refractivity contribution in [3.05, 3.63) is 45.7 Å². The molecule has 1 unspecified atom stereocenters. The highest BCUT2D eigenvalue weighted by Crippen LogP contribution is 2.39. The van der Waals surface area contributed by atoms with Crippen LogP contribution < -0.4 is 5.32 Å². The van der Waals surface area contributed by atoms with Crippen molar-refractivity contribution in [1.82, 2.24) is 9.88 Å². The number of hydrogen-bond acceptors (Lipinski definition) is 5. The standard InChI is InChI=1S/C18H19ClFN3O2S/c19-14-7-11(20)3-4-13(14)16(23-6-5-12(24)9-23)15-8-21-18(26-15)22-17(25)10-1-2-10/h3-4,7-8,10,12,16,24H,1-2,5-6,9H2,(H,21,22,25)/t12-,16?/m1/s1. The van der Waals surface area contributed by atoms with E-state index in [-0.39, 0.29) is 23.7 Å². The fraction of sp³-hybridized carbons (Fsp3) is 0.444. The summed E-state index contributed by atoms with van der Waals surface area (Å²) in [7, 11) is 0. The van der Waals surface area contributed by atoms with Gasteiger partial charge in [0, 0.05) is 35.1 Å². The maximum atomic E-state index is 13.5. The lowest BCUT2D eigenvalue weighted by molar-refractivity contribution is -0.117. The summed E-state index contributed by atoms with van der Waals surface area (Å²) in [4.78, 5) is 19.3. The normalized spacial score (nSPS) is 21.7. The van der Waals surface area contributed by atoms with Gasteiger partial charge in [0.2, 0.25) is 5.91 Å². The van der Waals surface area contributed by atoms with Crippen LogP contribution in [0.4, 0.5) is 9.52 Å². The number of aromatic nitrogens is 1. The van der Waals surface area contributed by atoms with Gasteiger partial charge < -0.3 is 10.4 Å². The number of likely N-dealkylation sites (tertiary alicyclic amines) is 1. The van der Waals surface area contributed by atoms with Crippen LogP contribution in [0.15, 0.2) is 24.4 Å². The molecule has 1 aliphatic heterocycles. The molecule has 1 aliphatic carbocycles. The van der Waals surface area contributed by atoms with Gasteiger partial charge in [-0.15, -0.1) is 0 Å². The number of amides is 1. The number of halogens is 2. The summed E-state index contributed by atoms with van der Waals surface area (Å²) in [5.74, 6) is -0.266. The predicted octanol–water partition coefficient (Wildman–Crippen LogP) is 3.44. The molecule has 1 aromatic carbocycles. The molecule has 0 radical (unpaired) electrons. The number of thiazole rings is 1. The SMILES string of the molecule is O=C(Nc1ncc(C(c2ccc(F)cc2Cl)N2CC[C@@H](O)C2)s1)C1CC1. The lowest BCUT2D eigenvalue weighted by Crippen LogP contribution is -2.28. The van der Waals surface area contributed by atoms with Crippen molar-refractivity contribution < 1.29 is 14.3 Å². The Hall–Kier alpha value is -1.54. The van der Waals surface area contributed by atoms with E-state index < -0.39 is 6.10 Å². The van der Waals surface area contributed by atoms with E-state index in [1.807, 2.05) is 0 Å². The van der Waals surface area contributed by atoms with Crippen molar-refractivity contribution in [2.24, 2.45) is 5.92 Å². The van der Waals surface area contributed by atoms with Crippen LogP contribution in [-0.4, -0.2) is 40.1 Å². The molecular formula is C18H19ClFN3O2S. The smallest absolute Gasteiger partial charge is 0.229 e. The molecule has 2 atom stereocenters. The number of nitrogens with one attached hydrogen (secondary N) is 1. The van der Waals surface area contributed by atoms with Crippen LogP contribution in [-0.2, 0) is 4.79 Å². The van der Waals surface area contributed by atoms with Crippen molar-refractivity contribution >= 4 is 34.0 Å². The summed E-state index contributed by atoms with van der Waals surface area (Å²) in [6.07, 6.45) is 3.88. The number of benzene rings is 1. The maximum absolute atomic E-state index is 13.5. The molecule has 1 aromatic heterocycles. The highest BCUT2D eigenvalue weighted by Gasteiger charge is 2.33. The topological polar surface area (TPSA) is 65.5 Å². The summed E-state index contributed by atoms with van der Waals surface area (Å²) in [6.45, 7) is 1.22. The van der Waals surface area contributed by atoms with Crippen molar-refractivity contribution in [3.63, 3.8) is 0 Å². The highest BCUT2D eigenvalue weighted by atomic mass is 35.5. The van der Waals surface area contributed by atoms with E-state index in [9.17, 15) is 14.3 Å². The monoisotopic (exact) mass is 395 g/mol. The van der Waals surface area contributed by atoms with Crippen LogP contribution in [0.5, 0.6) is 0 Å². The van der Waals surface area contributed by atoms with Crippen LogP contribution in [0.2, 0.25) is 5.02 Å². The Balaban J connectivity index is 1.64. The van der Waals surface area contributed by atoms with Gasteiger partial charge in [0.25, 0.3) is 0 Å². The van der Waals surface area contributed by atoms with Crippen LogP contribution in [0.1, 0.15) is 35.7 Å². The third-order valence-electron chi connectivity index (χ3n) is 4.79. The Bertz CT molecular complexity index is 827. The number of carbonyl (C=O) groups is 1. The molecule has 5 nitrogen and oxygen atoms in total. The van der Waals surface area contributed by atoms with Crippen LogP contribution in [0.3, 0.4) is 0 Å². The Morgan fingerprint density at radius 2 is 2.23 bits per heavy atom. The molecule has 138 valence electrons. The summed E-state index contributed by atoms with van der Waals surface area (Å²) in [5.41, 5.74) is 0.769. The van der Waals surface area contributed by atoms with E-state index in [0.29, 0.717) is 29.7 Å². The summed E-state index contributed by atoms with van der Waals surface area (Å²) < 4.78 is 13.5. The van der Waals surface area contributed by atoms with Gasteiger partial charge in [0.15, 0.2) is 5.13 Å². The van der Waals surface area contributed by atoms with Gasteiger partial charge in [-0.25, -0.2) is 9.37 Å². The molecule has 2 aliphatic rings. The van der Waals surface area contributed by atoms with Gasteiger partial charge in [-0.2, -0.15) is 0 Å². The number of aliphatic hydroxyl groups is 1. The van der Waals surface area contributed by atoms with E-state index >= 15 is 0 Å². The number of anilines is 1. The molecule has 0 spiro atoms. The Morgan fingerprint density at radius 3 is 2.88 bits per heavy atom. The van der Waals surface area contributed by atoms with Gasteiger partial charge in [-0.1, -0.05) is 29.0 Å². The number of rotatable bonds is 5. The van der Waals surface area contributed by atoms with Crippen molar-refractivity contribution in [2.45, 2.75) is 31.4 Å². The van der Waals surface area contributed by atoms with E-state index in [2.05, 4.69) is 15.2 Å². The fourth-order valence-corrected chi connectivity index (χ4v) is 4.52. The minimum absolute atomic E-state index is 0.0128. The average molecular weight is 396 g/mol. The van der Waals surface area contributed by atoms with Gasteiger partial charge >= 0.3 is 0 Å². The molecule has 4 rings (SSSR count). The van der Waals surface area contributed by atoms with Crippen LogP contribution in [0.25, 0.3) is 0 Å². The van der Waals surface area contributed by atoms with Gasteiger partial charge in [0.05, 0.1) is 12.1 Å². The Morgan fingerprint density at radius 1 is 1.42 bits per heavy atom. The van der Waals surface area contributed by atoms with Crippen molar-refractivity contribution in [1.29, 1.82) is 0 Å². The molecule has 1 saturated heterocycles. The van der Waals surface area contributed by atoms with Crippen LogP contribution >= 0.6 is 22.9 Å². The lowest BCUT2D eigenvalue weighted by atomic mass is 10.0. The number of hydrogen-bond donors (Lipinski definition) is 2. The largest absolute Gasteiger partial charge is 0.392 e. The summed E-state index contributed by atoms with van der Waals surface area (Å²) in [5, 5.41) is 13.7. The molecule has 1 amide bonds. The molecule has 26 heavy (non-hydrogen) atoms. The second-order valence-corrected chi connectivity index (χ2v) is 8.31. The zero-order chi connectivity index (χ0) is 18.3. The fourth-order valence-electron chi connectivity index (χ4n) is 3.28. The number of carbonyl (C=O) groups excluding carboxylic acids is 1. The lowest BCUT2D eigenvalue weighted by Gasteiger charge is -2.27. The van der Waals surface area contributed by atoms with E-state index in [0.717, 1.165) is 23.3 Å². The average Bonchev–Trinajstić information content (AvgIpc) is 3.22. The molecule has 0 bridgehead atoms. The van der Waals surface area contributed by atoms with E-state index in [1.54, 1.807) is 12.3 Å². The van der Waals surface area contributed by atoms with Gasteiger partial charge in [-0.3, -0.25) is 9.69 Å². The second kappa shape index (κ2) is 7.23. The van der Waals surface area contributed by atoms with Crippen molar-refractivity contribution in [3.8, 4) is 0 Å². The minimum atomic E-state index is -0.390. The summed E-state index contributed by atoms with van der Waals surface area (Å²) in [6, 6.07) is 4.13. The first-order valence-corrected chi connectivity index (χ1v) is 9.84. The molecule has 2 fully saturated rings. The maximum Gasteiger partial charge on any atom is 0.229 e. The molecule has 1 saturated carbocycles.